The number of benzene rings is 3. The van der Waals surface area contributed by atoms with Crippen molar-refractivity contribution in [2.75, 3.05) is 13.7 Å². The molecule has 3 aromatic rings. The summed E-state index contributed by atoms with van der Waals surface area (Å²) in [6.07, 6.45) is 3.94. The number of carbonyl (C=O) groups excluding carboxylic acids is 1. The fourth-order valence-corrected chi connectivity index (χ4v) is 7.60. The minimum absolute atomic E-state index is 0.184. The number of rotatable bonds is 6. The van der Waals surface area contributed by atoms with Crippen LogP contribution in [-0.4, -0.2) is 81.4 Å². The molecule has 5 N–H and O–H groups in total. The van der Waals surface area contributed by atoms with Crippen molar-refractivity contribution in [1.29, 1.82) is 0 Å². The van der Waals surface area contributed by atoms with Gasteiger partial charge in [-0.1, -0.05) is 81.0 Å². The average Bonchev–Trinajstić information content (AvgIpc) is 3.53. The van der Waals surface area contributed by atoms with Crippen molar-refractivity contribution in [3.63, 3.8) is 0 Å². The van der Waals surface area contributed by atoms with Gasteiger partial charge in [-0.05, 0) is 59.4 Å². The number of aliphatic hydroxyl groups excluding tert-OH is 3. The van der Waals surface area contributed by atoms with Crippen LogP contribution < -0.4 is 11.0 Å². The second-order valence-corrected chi connectivity index (χ2v) is 12.8. The van der Waals surface area contributed by atoms with Gasteiger partial charge in [0.1, 0.15) is 24.1 Å². The van der Waals surface area contributed by atoms with Crippen LogP contribution >= 0.6 is 0 Å². The molecule has 2 saturated heterocycles. The van der Waals surface area contributed by atoms with E-state index < -0.39 is 37.2 Å². The highest BCUT2D eigenvalue weighted by molar-refractivity contribution is 5.98. The zero-order valence-electron chi connectivity index (χ0n) is 25.8. The predicted molar refractivity (Wildman–Crippen MR) is 169 cm³/mol. The Hall–Kier alpha value is -2.96. The topological polar surface area (TPSA) is 118 Å². The maximum Gasteiger partial charge on any atom is 0.255 e. The summed E-state index contributed by atoms with van der Waals surface area (Å²) in [7, 11) is 1.57. The molecule has 0 radical (unpaired) electrons. The molecule has 0 spiro atoms. The van der Waals surface area contributed by atoms with Crippen LogP contribution in [0.1, 0.15) is 73.3 Å². The molecule has 2 unspecified atom stereocenters. The Morgan fingerprint density at radius 3 is 2.33 bits per heavy atom. The molecule has 9 nitrogen and oxygen atoms in total. The molecule has 3 aliphatic rings. The third-order valence-corrected chi connectivity index (χ3v) is 9.99. The second-order valence-electron chi connectivity index (χ2n) is 12.8. The zero-order chi connectivity index (χ0) is 31.5. The van der Waals surface area contributed by atoms with Gasteiger partial charge < -0.3 is 25.0 Å². The number of hydrazine groups is 2. The number of aliphatic hydroxyl groups is 3. The Kier molecular flexibility index (Phi) is 10.1. The molecule has 6 rings (SSSR count). The summed E-state index contributed by atoms with van der Waals surface area (Å²) in [5, 5.41) is 37.6. The number of hydrogen-bond acceptors (Lipinski definition) is 8. The number of likely N-dealkylation sites (N-methyl/N-ethyl adjacent to an activating group) is 1. The van der Waals surface area contributed by atoms with Crippen molar-refractivity contribution in [3.8, 4) is 0 Å². The lowest BCUT2D eigenvalue weighted by molar-refractivity contribution is -0.249. The second kappa shape index (κ2) is 14.2. The Morgan fingerprint density at radius 2 is 1.62 bits per heavy atom. The fourth-order valence-electron chi connectivity index (χ4n) is 7.60. The van der Waals surface area contributed by atoms with Crippen molar-refractivity contribution in [1.82, 2.24) is 20.9 Å². The number of fused-ring (bicyclic) bond motifs is 1. The number of ether oxygens (including phenoxy) is 1. The van der Waals surface area contributed by atoms with E-state index in [-0.39, 0.29) is 29.7 Å². The molecule has 3 aromatic carbocycles. The monoisotopic (exact) mass is 620 g/mol. The van der Waals surface area contributed by atoms with Crippen LogP contribution in [0.2, 0.25) is 0 Å². The van der Waals surface area contributed by atoms with Crippen molar-refractivity contribution in [3.05, 3.63) is 83.7 Å². The lowest BCUT2D eigenvalue weighted by Gasteiger charge is -2.50. The number of hydrogen-bond donors (Lipinski definition) is 5. The van der Waals surface area contributed by atoms with Gasteiger partial charge in [-0.3, -0.25) is 4.79 Å². The van der Waals surface area contributed by atoms with Crippen LogP contribution in [0.15, 0.2) is 66.7 Å². The standard InChI is InChI=1S/C35H45FN4O5/c1-39(34(44)26-18-17-22-11-8-9-14-24(22)19-26)35-33(43)31(32(42)28(21-41)45-35)40-30(23-12-6-4-2-3-5-7-13-23)29(37-38-40)25-15-10-16-27(36)20-25/h8-11,14-20,23,28-33,35,37-38,41-43H,2-7,12-13,21H2,1H3/t28-,29?,30?,31+,32+,33-,35-/m1/s1. The Balaban J connectivity index is 1.32. The third kappa shape index (κ3) is 6.64. The summed E-state index contributed by atoms with van der Waals surface area (Å²) < 4.78 is 20.5. The van der Waals surface area contributed by atoms with E-state index in [0.29, 0.717) is 5.56 Å². The van der Waals surface area contributed by atoms with Crippen molar-refractivity contribution < 1.29 is 29.2 Å². The third-order valence-electron chi connectivity index (χ3n) is 9.99. The molecule has 2 aliphatic heterocycles. The van der Waals surface area contributed by atoms with Gasteiger partial charge in [-0.25, -0.2) is 14.8 Å². The number of carbonyl (C=O) groups is 1. The first-order chi connectivity index (χ1) is 21.9. The van der Waals surface area contributed by atoms with Crippen LogP contribution in [0.25, 0.3) is 10.8 Å². The van der Waals surface area contributed by atoms with Crippen molar-refractivity contribution >= 4 is 16.7 Å². The predicted octanol–water partition coefficient (Wildman–Crippen LogP) is 4.04. The molecule has 242 valence electrons. The lowest BCUT2D eigenvalue weighted by Crippen LogP contribution is -2.70. The van der Waals surface area contributed by atoms with Gasteiger partial charge >= 0.3 is 0 Å². The van der Waals surface area contributed by atoms with Gasteiger partial charge in [0, 0.05) is 18.7 Å². The normalized spacial score (nSPS) is 30.5. The van der Waals surface area contributed by atoms with Gasteiger partial charge in [-0.2, -0.15) is 5.53 Å². The highest BCUT2D eigenvalue weighted by Gasteiger charge is 2.54. The van der Waals surface area contributed by atoms with E-state index in [2.05, 4.69) is 11.0 Å². The van der Waals surface area contributed by atoms with Gasteiger partial charge in [0.25, 0.3) is 5.91 Å². The van der Waals surface area contributed by atoms with Gasteiger partial charge in [-0.15, -0.1) is 0 Å². The highest BCUT2D eigenvalue weighted by atomic mass is 19.1. The lowest BCUT2D eigenvalue weighted by atomic mass is 9.81. The van der Waals surface area contributed by atoms with E-state index in [9.17, 15) is 24.5 Å². The number of nitrogens with zero attached hydrogens (tertiary/aromatic N) is 2. The molecule has 1 amide bonds. The summed E-state index contributed by atoms with van der Waals surface area (Å²) in [5.74, 6) is -0.500. The van der Waals surface area contributed by atoms with E-state index >= 15 is 0 Å². The molecule has 45 heavy (non-hydrogen) atoms. The van der Waals surface area contributed by atoms with Gasteiger partial charge in [0.15, 0.2) is 6.23 Å². The molecule has 10 heteroatoms. The Bertz CT molecular complexity index is 1450. The smallest absolute Gasteiger partial charge is 0.255 e. The van der Waals surface area contributed by atoms with Crippen LogP contribution in [0.5, 0.6) is 0 Å². The average molecular weight is 621 g/mol. The summed E-state index contributed by atoms with van der Waals surface area (Å²) >= 11 is 0. The molecule has 7 atom stereocenters. The molecule has 1 saturated carbocycles. The zero-order valence-corrected chi connectivity index (χ0v) is 25.8. The van der Waals surface area contributed by atoms with Crippen LogP contribution in [0.3, 0.4) is 0 Å². The minimum Gasteiger partial charge on any atom is -0.394 e. The molecular weight excluding hydrogens is 575 g/mol. The molecule has 1 aliphatic carbocycles. The van der Waals surface area contributed by atoms with E-state index in [1.165, 1.54) is 29.9 Å². The maximum absolute atomic E-state index is 14.5. The van der Waals surface area contributed by atoms with Gasteiger partial charge in [0.2, 0.25) is 0 Å². The van der Waals surface area contributed by atoms with Crippen LogP contribution in [0, 0.1) is 11.7 Å². The molecule has 0 bridgehead atoms. The van der Waals surface area contributed by atoms with Crippen LogP contribution in [-0.2, 0) is 4.74 Å². The largest absolute Gasteiger partial charge is 0.394 e. The first-order valence-electron chi connectivity index (χ1n) is 16.3. The summed E-state index contributed by atoms with van der Waals surface area (Å²) in [5.41, 5.74) is 7.78. The number of nitrogens with one attached hydrogen (secondary N) is 2. The first kappa shape index (κ1) is 32.0. The summed E-state index contributed by atoms with van der Waals surface area (Å²) in [4.78, 5) is 15.1. The van der Waals surface area contributed by atoms with E-state index in [1.807, 2.05) is 47.5 Å². The number of halogens is 1. The Morgan fingerprint density at radius 1 is 0.911 bits per heavy atom. The van der Waals surface area contributed by atoms with Gasteiger partial charge in [0.05, 0.1) is 18.7 Å². The highest BCUT2D eigenvalue weighted by Crippen LogP contribution is 2.39. The first-order valence-corrected chi connectivity index (χ1v) is 16.3. The van der Waals surface area contributed by atoms with Crippen molar-refractivity contribution in [2.24, 2.45) is 5.92 Å². The van der Waals surface area contributed by atoms with E-state index in [0.717, 1.165) is 54.9 Å². The minimum atomic E-state index is -1.34. The molecule has 0 aromatic heterocycles. The van der Waals surface area contributed by atoms with Crippen molar-refractivity contribution in [2.45, 2.75) is 94.0 Å². The molecular formula is C35H45FN4O5. The fraction of sp³-hybridized carbons (Fsp3) is 0.514. The Labute approximate surface area is 263 Å². The number of amides is 1. The van der Waals surface area contributed by atoms with E-state index in [1.54, 1.807) is 19.2 Å². The molecule has 2 heterocycles. The maximum atomic E-state index is 14.5. The van der Waals surface area contributed by atoms with Crippen LogP contribution in [0.4, 0.5) is 4.39 Å². The quantitative estimate of drug-likeness (QED) is 0.281. The summed E-state index contributed by atoms with van der Waals surface area (Å²) in [6.45, 7) is -0.498. The summed E-state index contributed by atoms with van der Waals surface area (Å²) in [6, 6.07) is 18.2. The van der Waals surface area contributed by atoms with E-state index in [4.69, 9.17) is 4.74 Å². The molecule has 3 fully saturated rings. The SMILES string of the molecule is CN(C(=O)c1ccc2ccccc2c1)[C@@H]1O[C@H](CO)[C@H](O)[C@H](N2NNC(c3cccc(F)c3)C2C2CCCCCCCC2)[C@H]1O.